The number of carbonyl (C=O) groups is 2. The normalized spacial score (nSPS) is 13.9. The van der Waals surface area contributed by atoms with Crippen LogP contribution in [0.1, 0.15) is 21.6 Å². The molecule has 0 atom stereocenters. The Morgan fingerprint density at radius 1 is 1.16 bits per heavy atom. The summed E-state index contributed by atoms with van der Waals surface area (Å²) in [6.45, 7) is 2.22. The molecule has 0 bridgehead atoms. The van der Waals surface area contributed by atoms with E-state index in [2.05, 4.69) is 15.4 Å². The van der Waals surface area contributed by atoms with Gasteiger partial charge in [-0.1, -0.05) is 12.1 Å². The lowest BCUT2D eigenvalue weighted by atomic mass is 10.2. The van der Waals surface area contributed by atoms with Crippen LogP contribution >= 0.6 is 0 Å². The molecule has 1 fully saturated rings. The predicted molar refractivity (Wildman–Crippen MR) is 104 cm³/mol. The van der Waals surface area contributed by atoms with Gasteiger partial charge in [-0.25, -0.2) is 14.5 Å². The molecule has 0 unspecified atom stereocenters. The van der Waals surface area contributed by atoms with E-state index in [1.165, 1.54) is 21.8 Å². The molecular weight excluding hydrogens is 415 g/mol. The predicted octanol–water partition coefficient (Wildman–Crippen LogP) is 3.80. The van der Waals surface area contributed by atoms with Gasteiger partial charge >= 0.3 is 12.3 Å². The Balaban J connectivity index is 1.58. The quantitative estimate of drug-likeness (QED) is 0.679. The molecule has 1 aliphatic heterocycles. The summed E-state index contributed by atoms with van der Waals surface area (Å²) in [5.74, 6) is -0.347. The third-order valence-corrected chi connectivity index (χ3v) is 4.75. The zero-order chi connectivity index (χ0) is 22.2. The van der Waals surface area contributed by atoms with Crippen LogP contribution in [0.3, 0.4) is 0 Å². The molecule has 0 spiro atoms. The van der Waals surface area contributed by atoms with Crippen LogP contribution in [0.2, 0.25) is 0 Å². The summed E-state index contributed by atoms with van der Waals surface area (Å²) >= 11 is 0. The molecule has 3 aromatic rings. The summed E-state index contributed by atoms with van der Waals surface area (Å²) in [7, 11) is 0. The van der Waals surface area contributed by atoms with E-state index < -0.39 is 23.7 Å². The zero-order valence-electron chi connectivity index (χ0n) is 16.2. The first-order chi connectivity index (χ1) is 14.8. The van der Waals surface area contributed by atoms with Crippen LogP contribution in [0, 0.1) is 6.92 Å². The van der Waals surface area contributed by atoms with Crippen molar-refractivity contribution in [2.75, 3.05) is 23.4 Å². The first-order valence-corrected chi connectivity index (χ1v) is 9.18. The molecule has 8 nitrogen and oxygen atoms in total. The summed E-state index contributed by atoms with van der Waals surface area (Å²) in [6, 6.07) is 8.85. The minimum Gasteiger partial charge on any atom is -0.447 e. The number of para-hydroxylation sites is 2. The molecule has 160 valence electrons. The fraction of sp³-hybridized carbons (Fsp3) is 0.200. The maximum atomic E-state index is 12.8. The van der Waals surface area contributed by atoms with Crippen LogP contribution in [-0.4, -0.2) is 39.9 Å². The number of halogens is 3. The Bertz CT molecular complexity index is 1140. The number of cyclic esters (lactones) is 1. The van der Waals surface area contributed by atoms with E-state index in [0.29, 0.717) is 29.8 Å². The van der Waals surface area contributed by atoms with Crippen molar-refractivity contribution in [3.63, 3.8) is 0 Å². The van der Waals surface area contributed by atoms with Gasteiger partial charge in [0.15, 0.2) is 5.82 Å². The van der Waals surface area contributed by atoms with Crippen LogP contribution in [0.25, 0.3) is 5.82 Å². The van der Waals surface area contributed by atoms with E-state index in [9.17, 15) is 22.8 Å². The number of nitrogens with zero attached hydrogens (tertiary/aromatic N) is 4. The molecule has 1 aromatic carbocycles. The Morgan fingerprint density at radius 3 is 2.58 bits per heavy atom. The lowest BCUT2D eigenvalue weighted by Gasteiger charge is -2.17. The van der Waals surface area contributed by atoms with Crippen LogP contribution in [0.5, 0.6) is 0 Å². The van der Waals surface area contributed by atoms with Crippen molar-refractivity contribution >= 4 is 23.4 Å². The third kappa shape index (κ3) is 3.93. The zero-order valence-corrected chi connectivity index (χ0v) is 16.2. The van der Waals surface area contributed by atoms with Gasteiger partial charge in [0.05, 0.1) is 40.9 Å². The van der Waals surface area contributed by atoms with E-state index >= 15 is 0 Å². The Kier molecular flexibility index (Phi) is 5.09. The van der Waals surface area contributed by atoms with E-state index in [0.717, 1.165) is 6.07 Å². The number of pyridine rings is 1. The highest BCUT2D eigenvalue weighted by atomic mass is 19.4. The molecule has 1 saturated heterocycles. The number of carbonyl (C=O) groups excluding carboxylic acids is 2. The molecule has 3 heterocycles. The third-order valence-electron chi connectivity index (χ3n) is 4.75. The molecule has 11 heteroatoms. The van der Waals surface area contributed by atoms with Gasteiger partial charge in [0.1, 0.15) is 6.61 Å². The largest absolute Gasteiger partial charge is 0.447 e. The molecule has 0 radical (unpaired) electrons. The highest BCUT2D eigenvalue weighted by Crippen LogP contribution is 2.30. The SMILES string of the molecule is Cc1c(C(=O)Nc2ccccc2N2CCOC2=O)cnn1-c1ccc(C(F)(F)F)cn1. The van der Waals surface area contributed by atoms with E-state index in [4.69, 9.17) is 4.74 Å². The topological polar surface area (TPSA) is 89.4 Å². The van der Waals surface area contributed by atoms with Crippen molar-refractivity contribution in [1.82, 2.24) is 14.8 Å². The number of rotatable bonds is 4. The standard InChI is InChI=1S/C20H16F3N5O3/c1-12-14(11-25-28(12)17-7-6-13(10-24-17)20(21,22)23)18(29)26-15-4-2-3-5-16(15)27-8-9-31-19(27)30/h2-7,10-11H,8-9H2,1H3,(H,26,29). The Labute approximate surface area is 174 Å². The molecule has 1 aliphatic rings. The van der Waals surface area contributed by atoms with E-state index in [1.807, 2.05) is 0 Å². The average molecular weight is 431 g/mol. The average Bonchev–Trinajstić information content (AvgIpc) is 3.33. The number of amides is 2. The van der Waals surface area contributed by atoms with Crippen LogP contribution in [0.15, 0.2) is 48.8 Å². The maximum absolute atomic E-state index is 12.8. The van der Waals surface area contributed by atoms with Gasteiger partial charge in [0.25, 0.3) is 5.91 Å². The number of ether oxygens (including phenoxy) is 1. The van der Waals surface area contributed by atoms with E-state index in [1.54, 1.807) is 31.2 Å². The Morgan fingerprint density at radius 2 is 1.94 bits per heavy atom. The van der Waals surface area contributed by atoms with Crippen molar-refractivity contribution in [1.29, 1.82) is 0 Å². The van der Waals surface area contributed by atoms with Gasteiger partial charge in [-0.05, 0) is 31.2 Å². The highest BCUT2D eigenvalue weighted by Gasteiger charge is 2.31. The number of nitrogens with one attached hydrogen (secondary N) is 1. The molecule has 31 heavy (non-hydrogen) atoms. The van der Waals surface area contributed by atoms with Crippen LogP contribution in [0.4, 0.5) is 29.3 Å². The summed E-state index contributed by atoms with van der Waals surface area (Å²) in [5, 5.41) is 6.83. The second-order valence-corrected chi connectivity index (χ2v) is 6.70. The highest BCUT2D eigenvalue weighted by molar-refractivity contribution is 6.07. The van der Waals surface area contributed by atoms with Gasteiger partial charge in [0, 0.05) is 6.20 Å². The van der Waals surface area contributed by atoms with Gasteiger partial charge in [-0.3, -0.25) is 9.69 Å². The van der Waals surface area contributed by atoms with Crippen LogP contribution < -0.4 is 10.2 Å². The van der Waals surface area contributed by atoms with Crippen molar-refractivity contribution in [3.05, 3.63) is 65.6 Å². The number of hydrogen-bond acceptors (Lipinski definition) is 5. The maximum Gasteiger partial charge on any atom is 0.417 e. The number of aromatic nitrogens is 3. The van der Waals surface area contributed by atoms with Gasteiger partial charge in [0.2, 0.25) is 0 Å². The molecule has 1 N–H and O–H groups in total. The van der Waals surface area contributed by atoms with Gasteiger partial charge in [-0.2, -0.15) is 18.3 Å². The minimum atomic E-state index is -4.50. The molecule has 2 aromatic heterocycles. The molecule has 4 rings (SSSR count). The number of anilines is 2. The fourth-order valence-corrected chi connectivity index (χ4v) is 3.16. The monoisotopic (exact) mass is 431 g/mol. The summed E-state index contributed by atoms with van der Waals surface area (Å²) in [4.78, 5) is 29.9. The Hall–Kier alpha value is -3.89. The summed E-state index contributed by atoms with van der Waals surface area (Å²) in [5.41, 5.74) is 0.623. The molecular formula is C20H16F3N5O3. The number of hydrogen-bond donors (Lipinski definition) is 1. The second kappa shape index (κ2) is 7.74. The molecule has 0 aliphatic carbocycles. The lowest BCUT2D eigenvalue weighted by Crippen LogP contribution is -2.25. The first kappa shape index (κ1) is 20.4. The van der Waals surface area contributed by atoms with Crippen molar-refractivity contribution in [2.24, 2.45) is 0 Å². The summed E-state index contributed by atoms with van der Waals surface area (Å²) in [6.07, 6.45) is -2.98. The van der Waals surface area contributed by atoms with Crippen LogP contribution in [-0.2, 0) is 10.9 Å². The van der Waals surface area contributed by atoms with Gasteiger partial charge in [-0.15, -0.1) is 0 Å². The van der Waals surface area contributed by atoms with Crippen molar-refractivity contribution in [2.45, 2.75) is 13.1 Å². The van der Waals surface area contributed by atoms with Crippen molar-refractivity contribution in [3.8, 4) is 5.82 Å². The first-order valence-electron chi connectivity index (χ1n) is 9.18. The molecule has 0 saturated carbocycles. The smallest absolute Gasteiger partial charge is 0.417 e. The second-order valence-electron chi connectivity index (χ2n) is 6.70. The van der Waals surface area contributed by atoms with E-state index in [-0.39, 0.29) is 18.0 Å². The molecule has 2 amide bonds. The number of alkyl halides is 3. The fourth-order valence-electron chi connectivity index (χ4n) is 3.16. The lowest BCUT2D eigenvalue weighted by molar-refractivity contribution is -0.137. The summed E-state index contributed by atoms with van der Waals surface area (Å²) < 4.78 is 44.4. The van der Waals surface area contributed by atoms with Crippen molar-refractivity contribution < 1.29 is 27.5 Å². The number of benzene rings is 1. The van der Waals surface area contributed by atoms with Gasteiger partial charge < -0.3 is 10.1 Å². The minimum absolute atomic E-state index is 0.143.